The first-order valence-electron chi connectivity index (χ1n) is 11.8. The summed E-state index contributed by atoms with van der Waals surface area (Å²) in [6, 6.07) is 20.0. The third-order valence-corrected chi connectivity index (χ3v) is 5.37. The number of benzene rings is 3. The van der Waals surface area contributed by atoms with Crippen LogP contribution >= 0.6 is 0 Å². The summed E-state index contributed by atoms with van der Waals surface area (Å²) in [7, 11) is 1.66. The standard InChI is InChI=1S/C23H19N5O.2C2HF3O2/c1-14-6-8-19-21(10-14)26-22(15-4-3-5-18(12-15)29-2)27-23(19)25-17-7-9-20-16(11-17)13-24-28-20;2*3-2(4,5)1(6)7/h3-13H,1-2H3,(H,24,28)(H,25,26,27);2*(H,6,7). The van der Waals surface area contributed by atoms with Gasteiger partial charge in [0.1, 0.15) is 11.6 Å². The largest absolute Gasteiger partial charge is 0.497 e. The summed E-state index contributed by atoms with van der Waals surface area (Å²) in [6.07, 6.45) is -8.36. The molecule has 16 heteroatoms. The van der Waals surface area contributed by atoms with Crippen LogP contribution in [0.1, 0.15) is 5.56 Å². The Balaban J connectivity index is 0.000000303. The fourth-order valence-corrected chi connectivity index (χ4v) is 3.38. The van der Waals surface area contributed by atoms with Gasteiger partial charge in [0, 0.05) is 22.0 Å². The number of carboxylic acid groups (broad SMARTS) is 2. The van der Waals surface area contributed by atoms with Gasteiger partial charge in [-0.2, -0.15) is 31.4 Å². The van der Waals surface area contributed by atoms with Crippen molar-refractivity contribution in [2.75, 3.05) is 12.4 Å². The molecule has 5 aromatic rings. The smallest absolute Gasteiger partial charge is 0.490 e. The van der Waals surface area contributed by atoms with Crippen molar-refractivity contribution in [3.05, 3.63) is 72.4 Å². The molecular weight excluding hydrogens is 588 g/mol. The van der Waals surface area contributed by atoms with Crippen molar-refractivity contribution in [1.82, 2.24) is 20.2 Å². The quantitative estimate of drug-likeness (QED) is 0.167. The number of aryl methyl sites for hydroxylation is 1. The zero-order valence-corrected chi connectivity index (χ0v) is 22.1. The number of anilines is 2. The lowest BCUT2D eigenvalue weighted by atomic mass is 10.1. The number of aliphatic carboxylic acids is 2. The van der Waals surface area contributed by atoms with Gasteiger partial charge in [-0.25, -0.2) is 19.6 Å². The predicted molar refractivity (Wildman–Crippen MR) is 143 cm³/mol. The minimum Gasteiger partial charge on any atom is -0.497 e. The number of halogens is 6. The number of ether oxygens (including phenoxy) is 1. The lowest BCUT2D eigenvalue weighted by molar-refractivity contribution is -0.193. The van der Waals surface area contributed by atoms with Gasteiger partial charge in [-0.05, 0) is 55.0 Å². The predicted octanol–water partition coefficient (Wildman–Crippen LogP) is 6.50. The van der Waals surface area contributed by atoms with Crippen LogP contribution in [0, 0.1) is 6.92 Å². The summed E-state index contributed by atoms with van der Waals surface area (Å²) < 4.78 is 68.8. The van der Waals surface area contributed by atoms with Crippen molar-refractivity contribution in [2.45, 2.75) is 19.3 Å². The molecule has 3 aromatic carbocycles. The molecule has 0 aliphatic carbocycles. The number of methoxy groups -OCH3 is 1. The third-order valence-electron chi connectivity index (χ3n) is 5.37. The Labute approximate surface area is 238 Å². The van der Waals surface area contributed by atoms with Gasteiger partial charge in [-0.1, -0.05) is 18.2 Å². The van der Waals surface area contributed by atoms with Crippen LogP contribution in [-0.4, -0.2) is 61.8 Å². The van der Waals surface area contributed by atoms with Crippen LogP contribution in [0.4, 0.5) is 37.8 Å². The van der Waals surface area contributed by atoms with Crippen LogP contribution < -0.4 is 10.1 Å². The van der Waals surface area contributed by atoms with E-state index in [1.165, 1.54) is 0 Å². The van der Waals surface area contributed by atoms with Gasteiger partial charge in [0.15, 0.2) is 5.82 Å². The molecule has 226 valence electrons. The molecule has 0 atom stereocenters. The maximum atomic E-state index is 10.6. The number of nitrogens with one attached hydrogen (secondary N) is 2. The van der Waals surface area contributed by atoms with E-state index < -0.39 is 24.3 Å². The van der Waals surface area contributed by atoms with Crippen molar-refractivity contribution in [3.63, 3.8) is 0 Å². The second-order valence-corrected chi connectivity index (χ2v) is 8.55. The Morgan fingerprint density at radius 1 is 0.884 bits per heavy atom. The molecule has 0 aliphatic rings. The van der Waals surface area contributed by atoms with E-state index in [2.05, 4.69) is 40.6 Å². The van der Waals surface area contributed by atoms with Gasteiger partial charge in [0.05, 0.1) is 24.3 Å². The Morgan fingerprint density at radius 3 is 2.14 bits per heavy atom. The first kappa shape index (κ1) is 32.1. The zero-order valence-electron chi connectivity index (χ0n) is 22.1. The maximum Gasteiger partial charge on any atom is 0.490 e. The Bertz CT molecular complexity index is 1730. The molecule has 10 nitrogen and oxygen atoms in total. The van der Waals surface area contributed by atoms with E-state index in [0.717, 1.165) is 50.2 Å². The first-order chi connectivity index (χ1) is 20.1. The molecule has 0 radical (unpaired) electrons. The van der Waals surface area contributed by atoms with Crippen LogP contribution in [0.2, 0.25) is 0 Å². The van der Waals surface area contributed by atoms with E-state index in [0.29, 0.717) is 5.82 Å². The summed E-state index contributed by atoms with van der Waals surface area (Å²) in [5, 5.41) is 26.8. The van der Waals surface area contributed by atoms with E-state index in [-0.39, 0.29) is 0 Å². The van der Waals surface area contributed by atoms with E-state index in [4.69, 9.17) is 34.5 Å². The highest BCUT2D eigenvalue weighted by Gasteiger charge is 2.38. The van der Waals surface area contributed by atoms with E-state index in [9.17, 15) is 26.3 Å². The second-order valence-electron chi connectivity index (χ2n) is 8.55. The molecule has 0 bridgehead atoms. The molecule has 0 fully saturated rings. The molecule has 0 saturated carbocycles. The summed E-state index contributed by atoms with van der Waals surface area (Å²) in [5.74, 6) is -3.33. The van der Waals surface area contributed by atoms with Crippen LogP contribution in [0.25, 0.3) is 33.2 Å². The average Bonchev–Trinajstić information content (AvgIpc) is 3.40. The topological polar surface area (TPSA) is 150 Å². The van der Waals surface area contributed by atoms with Crippen LogP contribution in [-0.2, 0) is 9.59 Å². The minimum absolute atomic E-state index is 0.647. The number of H-pyrrole nitrogens is 1. The number of aromatic nitrogens is 4. The van der Waals surface area contributed by atoms with Crippen LogP contribution in [0.15, 0.2) is 66.9 Å². The van der Waals surface area contributed by atoms with E-state index in [1.54, 1.807) is 7.11 Å². The Morgan fingerprint density at radius 2 is 1.53 bits per heavy atom. The van der Waals surface area contributed by atoms with Gasteiger partial charge in [-0.3, -0.25) is 5.10 Å². The number of hydrogen-bond acceptors (Lipinski definition) is 7. The van der Waals surface area contributed by atoms with Gasteiger partial charge in [0.2, 0.25) is 0 Å². The van der Waals surface area contributed by atoms with Crippen LogP contribution in [0.3, 0.4) is 0 Å². The summed E-state index contributed by atoms with van der Waals surface area (Å²) in [5.41, 5.74) is 4.89. The molecule has 0 amide bonds. The monoisotopic (exact) mass is 609 g/mol. The highest BCUT2D eigenvalue weighted by molar-refractivity contribution is 5.93. The van der Waals surface area contributed by atoms with E-state index in [1.807, 2.05) is 48.7 Å². The van der Waals surface area contributed by atoms with Crippen molar-refractivity contribution in [3.8, 4) is 17.1 Å². The summed E-state index contributed by atoms with van der Waals surface area (Å²) in [4.78, 5) is 27.4. The number of rotatable bonds is 4. The van der Waals surface area contributed by atoms with Crippen molar-refractivity contribution < 1.29 is 50.9 Å². The fraction of sp³-hybridized carbons (Fsp3) is 0.148. The molecule has 2 heterocycles. The normalized spacial score (nSPS) is 11.2. The molecule has 0 spiro atoms. The average molecular weight is 609 g/mol. The summed E-state index contributed by atoms with van der Waals surface area (Å²) in [6.45, 7) is 2.06. The second kappa shape index (κ2) is 13.1. The SMILES string of the molecule is COc1cccc(-c2nc(Nc3ccc4[nH]ncc4c3)c3ccc(C)cc3n2)c1.O=C(O)C(F)(F)F.O=C(O)C(F)(F)F. The number of carboxylic acids is 2. The molecule has 0 aliphatic heterocycles. The number of fused-ring (bicyclic) bond motifs is 2. The molecule has 0 unspecified atom stereocenters. The molecular formula is C27H21F6N5O5. The number of alkyl halides is 6. The third kappa shape index (κ3) is 8.79. The number of nitrogens with zero attached hydrogens (tertiary/aromatic N) is 3. The number of hydrogen-bond donors (Lipinski definition) is 4. The number of aromatic amines is 1. The van der Waals surface area contributed by atoms with Gasteiger partial charge < -0.3 is 20.3 Å². The molecule has 5 rings (SSSR count). The summed E-state index contributed by atoms with van der Waals surface area (Å²) >= 11 is 0. The van der Waals surface area contributed by atoms with E-state index >= 15 is 0 Å². The zero-order chi connectivity index (χ0) is 31.9. The highest BCUT2D eigenvalue weighted by atomic mass is 19.4. The first-order valence-corrected chi connectivity index (χ1v) is 11.8. The molecule has 2 aromatic heterocycles. The van der Waals surface area contributed by atoms with Crippen molar-refractivity contribution >= 4 is 45.2 Å². The Hall–Kier alpha value is -5.41. The van der Waals surface area contributed by atoms with Crippen LogP contribution in [0.5, 0.6) is 5.75 Å². The van der Waals surface area contributed by atoms with Crippen molar-refractivity contribution in [1.29, 1.82) is 0 Å². The van der Waals surface area contributed by atoms with Gasteiger partial charge >= 0.3 is 24.3 Å². The maximum absolute atomic E-state index is 10.6. The van der Waals surface area contributed by atoms with Gasteiger partial charge in [-0.15, -0.1) is 0 Å². The minimum atomic E-state index is -5.08. The Kier molecular flexibility index (Phi) is 9.75. The molecule has 4 N–H and O–H groups in total. The molecule has 43 heavy (non-hydrogen) atoms. The highest BCUT2D eigenvalue weighted by Crippen LogP contribution is 2.30. The van der Waals surface area contributed by atoms with Crippen molar-refractivity contribution in [2.24, 2.45) is 0 Å². The number of carbonyl (C=O) groups is 2. The van der Waals surface area contributed by atoms with Gasteiger partial charge in [0.25, 0.3) is 0 Å². The lowest BCUT2D eigenvalue weighted by Crippen LogP contribution is -2.21. The fourth-order valence-electron chi connectivity index (χ4n) is 3.38. The molecule has 0 saturated heterocycles. The lowest BCUT2D eigenvalue weighted by Gasteiger charge is -2.12.